The molecule has 0 fully saturated rings. The Kier molecular flexibility index (Phi) is 6.17. The molecule has 0 aliphatic rings. The lowest BCUT2D eigenvalue weighted by molar-refractivity contribution is -0.136. The molecule has 1 aromatic rings. The number of carboxylic acids is 1. The van der Waals surface area contributed by atoms with Crippen LogP contribution in [0, 0.1) is 0 Å². The lowest BCUT2D eigenvalue weighted by atomic mass is 10.2. The Hall–Kier alpha value is -1.89. The first-order valence-electron chi connectivity index (χ1n) is 5.84. The van der Waals surface area contributed by atoms with Crippen LogP contribution >= 0.6 is 11.8 Å². The minimum atomic E-state index is -0.943. The average molecular weight is 299 g/mol. The number of methoxy groups -OCH3 is 2. The summed E-state index contributed by atoms with van der Waals surface area (Å²) in [5, 5.41) is 10.8. The highest BCUT2D eigenvalue weighted by Gasteiger charge is 2.15. The third-order valence-corrected chi connectivity index (χ3v) is 3.62. The van der Waals surface area contributed by atoms with E-state index in [1.54, 1.807) is 18.2 Å². The maximum Gasteiger partial charge on any atom is 0.316 e. The number of hydrogen-bond acceptors (Lipinski definition) is 5. The average Bonchev–Trinajstić information content (AvgIpc) is 2.44. The summed E-state index contributed by atoms with van der Waals surface area (Å²) >= 11 is 1.05. The first-order chi connectivity index (χ1) is 9.47. The molecule has 1 atom stereocenters. The van der Waals surface area contributed by atoms with Gasteiger partial charge in [0.1, 0.15) is 11.5 Å². The Balaban J connectivity index is 2.67. The summed E-state index contributed by atoms with van der Waals surface area (Å²) in [5.74, 6) is -0.0899. The molecule has 1 rings (SSSR count). The topological polar surface area (TPSA) is 84.9 Å². The Labute approximate surface area is 121 Å². The van der Waals surface area contributed by atoms with Crippen LogP contribution < -0.4 is 14.8 Å². The van der Waals surface area contributed by atoms with E-state index in [2.05, 4.69) is 5.32 Å². The van der Waals surface area contributed by atoms with E-state index in [0.29, 0.717) is 17.2 Å². The number of ether oxygens (including phenoxy) is 2. The summed E-state index contributed by atoms with van der Waals surface area (Å²) in [6.07, 6.45) is 0. The van der Waals surface area contributed by atoms with Gasteiger partial charge in [0.05, 0.1) is 30.9 Å². The Bertz CT molecular complexity index is 492. The van der Waals surface area contributed by atoms with E-state index in [1.165, 1.54) is 21.1 Å². The van der Waals surface area contributed by atoms with Crippen LogP contribution in [0.4, 0.5) is 5.69 Å². The minimum Gasteiger partial charge on any atom is -0.497 e. The summed E-state index contributed by atoms with van der Waals surface area (Å²) in [5.41, 5.74) is 0.487. The van der Waals surface area contributed by atoms with Crippen LogP contribution in [0.15, 0.2) is 18.2 Å². The van der Waals surface area contributed by atoms with Crippen molar-refractivity contribution in [2.45, 2.75) is 12.2 Å². The fourth-order valence-electron chi connectivity index (χ4n) is 1.37. The molecule has 7 heteroatoms. The summed E-state index contributed by atoms with van der Waals surface area (Å²) in [4.78, 5) is 22.5. The molecule has 1 unspecified atom stereocenters. The summed E-state index contributed by atoms with van der Waals surface area (Å²) in [7, 11) is 3.02. The van der Waals surface area contributed by atoms with E-state index in [1.807, 2.05) is 0 Å². The second-order valence-electron chi connectivity index (χ2n) is 3.91. The quantitative estimate of drug-likeness (QED) is 0.799. The van der Waals surface area contributed by atoms with Crippen molar-refractivity contribution in [2.75, 3.05) is 25.3 Å². The van der Waals surface area contributed by atoms with Gasteiger partial charge in [-0.15, -0.1) is 11.8 Å². The van der Waals surface area contributed by atoms with Crippen LogP contribution in [0.3, 0.4) is 0 Å². The maximum atomic E-state index is 11.8. The van der Waals surface area contributed by atoms with Crippen LogP contribution in [-0.2, 0) is 9.59 Å². The second kappa shape index (κ2) is 7.64. The Morgan fingerprint density at radius 2 is 2.05 bits per heavy atom. The molecular formula is C13H17NO5S. The minimum absolute atomic E-state index is 0.0494. The number of nitrogens with one attached hydrogen (secondary N) is 1. The summed E-state index contributed by atoms with van der Waals surface area (Å²) < 4.78 is 10.2. The first-order valence-corrected chi connectivity index (χ1v) is 6.89. The van der Waals surface area contributed by atoms with Gasteiger partial charge in [-0.1, -0.05) is 0 Å². The van der Waals surface area contributed by atoms with Crippen molar-refractivity contribution in [3.63, 3.8) is 0 Å². The highest BCUT2D eigenvalue weighted by atomic mass is 32.2. The van der Waals surface area contributed by atoms with Gasteiger partial charge in [0.25, 0.3) is 0 Å². The highest BCUT2D eigenvalue weighted by molar-refractivity contribution is 8.01. The van der Waals surface area contributed by atoms with Crippen LogP contribution in [0.5, 0.6) is 11.5 Å². The van der Waals surface area contributed by atoms with Crippen molar-refractivity contribution in [3.05, 3.63) is 18.2 Å². The predicted octanol–water partition coefficient (Wildman–Crippen LogP) is 1.85. The van der Waals surface area contributed by atoms with E-state index in [9.17, 15) is 9.59 Å². The van der Waals surface area contributed by atoms with Gasteiger partial charge in [-0.3, -0.25) is 9.59 Å². The number of anilines is 1. The fourth-order valence-corrected chi connectivity index (χ4v) is 1.99. The van der Waals surface area contributed by atoms with E-state index < -0.39 is 11.2 Å². The molecule has 6 nitrogen and oxygen atoms in total. The normalized spacial score (nSPS) is 11.6. The Morgan fingerprint density at radius 1 is 1.35 bits per heavy atom. The predicted molar refractivity (Wildman–Crippen MR) is 77.7 cm³/mol. The molecule has 0 bridgehead atoms. The van der Waals surface area contributed by atoms with E-state index in [0.717, 1.165) is 11.8 Å². The van der Waals surface area contributed by atoms with Crippen molar-refractivity contribution in [1.29, 1.82) is 0 Å². The molecule has 0 aromatic heterocycles. The zero-order valence-electron chi connectivity index (χ0n) is 11.5. The Morgan fingerprint density at radius 3 is 2.60 bits per heavy atom. The van der Waals surface area contributed by atoms with Crippen LogP contribution in [-0.4, -0.2) is 42.2 Å². The van der Waals surface area contributed by atoms with Gasteiger partial charge in [-0.05, 0) is 19.1 Å². The summed E-state index contributed by atoms with van der Waals surface area (Å²) in [6, 6.07) is 5.04. The number of thioether (sulfide) groups is 1. The van der Waals surface area contributed by atoms with Crippen LogP contribution in [0.25, 0.3) is 0 Å². The first kappa shape index (κ1) is 16.2. The van der Waals surface area contributed by atoms with Gasteiger partial charge in [0.15, 0.2) is 0 Å². The zero-order chi connectivity index (χ0) is 15.1. The lowest BCUT2D eigenvalue weighted by Gasteiger charge is -2.12. The van der Waals surface area contributed by atoms with Crippen molar-refractivity contribution < 1.29 is 24.2 Å². The number of carbonyl (C=O) groups excluding carboxylic acids is 1. The van der Waals surface area contributed by atoms with Gasteiger partial charge in [-0.25, -0.2) is 0 Å². The maximum absolute atomic E-state index is 11.8. The molecule has 0 radical (unpaired) electrons. The van der Waals surface area contributed by atoms with Gasteiger partial charge >= 0.3 is 5.97 Å². The lowest BCUT2D eigenvalue weighted by Crippen LogP contribution is -2.19. The van der Waals surface area contributed by atoms with E-state index in [4.69, 9.17) is 14.6 Å². The molecule has 2 N–H and O–H groups in total. The smallest absolute Gasteiger partial charge is 0.316 e. The SMILES string of the molecule is COc1ccc(OC)c(NC(=O)CSC(C)C(=O)O)c1. The molecule has 0 saturated heterocycles. The summed E-state index contributed by atoms with van der Waals surface area (Å²) in [6.45, 7) is 1.53. The standard InChI is InChI=1S/C13H17NO5S/c1-8(13(16)17)20-7-12(15)14-10-6-9(18-2)4-5-11(10)19-3/h4-6,8H,7H2,1-3H3,(H,14,15)(H,16,17). The van der Waals surface area contributed by atoms with Crippen molar-refractivity contribution in [1.82, 2.24) is 0 Å². The number of hydrogen-bond donors (Lipinski definition) is 2. The largest absolute Gasteiger partial charge is 0.497 e. The zero-order valence-corrected chi connectivity index (χ0v) is 12.3. The third-order valence-electron chi connectivity index (χ3n) is 2.49. The molecule has 1 aromatic carbocycles. The van der Waals surface area contributed by atoms with Crippen LogP contribution in [0.1, 0.15) is 6.92 Å². The van der Waals surface area contributed by atoms with Gasteiger partial charge in [0, 0.05) is 6.07 Å². The molecule has 20 heavy (non-hydrogen) atoms. The molecule has 0 saturated carbocycles. The monoisotopic (exact) mass is 299 g/mol. The van der Waals surface area contributed by atoms with Crippen LogP contribution in [0.2, 0.25) is 0 Å². The second-order valence-corrected chi connectivity index (χ2v) is 5.23. The van der Waals surface area contributed by atoms with Gasteiger partial charge < -0.3 is 19.9 Å². The molecule has 110 valence electrons. The molecule has 1 amide bonds. The van der Waals surface area contributed by atoms with Gasteiger partial charge in [0.2, 0.25) is 5.91 Å². The number of rotatable bonds is 7. The van der Waals surface area contributed by atoms with E-state index in [-0.39, 0.29) is 11.7 Å². The van der Waals surface area contributed by atoms with Crippen molar-refractivity contribution in [2.24, 2.45) is 0 Å². The third kappa shape index (κ3) is 4.65. The number of amides is 1. The molecule has 0 aliphatic heterocycles. The van der Waals surface area contributed by atoms with Gasteiger partial charge in [-0.2, -0.15) is 0 Å². The highest BCUT2D eigenvalue weighted by Crippen LogP contribution is 2.29. The van der Waals surface area contributed by atoms with Crippen molar-refractivity contribution in [3.8, 4) is 11.5 Å². The number of benzene rings is 1. The number of carbonyl (C=O) groups is 2. The molecule has 0 heterocycles. The number of aliphatic carboxylic acids is 1. The molecule has 0 aliphatic carbocycles. The van der Waals surface area contributed by atoms with Crippen molar-refractivity contribution >= 4 is 29.3 Å². The fraction of sp³-hybridized carbons (Fsp3) is 0.385. The molecular weight excluding hydrogens is 282 g/mol. The molecule has 0 spiro atoms. The van der Waals surface area contributed by atoms with E-state index >= 15 is 0 Å². The number of carboxylic acid groups (broad SMARTS) is 1.